The molecule has 1 aliphatic heterocycles. The molecule has 0 spiro atoms. The molecule has 8 heteroatoms. The molecule has 1 fully saturated rings. The molecular weight excluding hydrogens is 378 g/mol. The van der Waals surface area contributed by atoms with Crippen LogP contribution in [0.25, 0.3) is 0 Å². The quantitative estimate of drug-likeness (QED) is 0.763. The van der Waals surface area contributed by atoms with Gasteiger partial charge < -0.3 is 10.1 Å². The Balaban J connectivity index is 1.53. The number of pyridine rings is 1. The van der Waals surface area contributed by atoms with Crippen LogP contribution >= 0.6 is 0 Å². The monoisotopic (exact) mass is 403 g/mol. The van der Waals surface area contributed by atoms with Crippen molar-refractivity contribution in [1.82, 2.24) is 14.6 Å². The lowest BCUT2D eigenvalue weighted by Crippen LogP contribution is -2.40. The summed E-state index contributed by atoms with van der Waals surface area (Å²) in [6, 6.07) is 12.2. The van der Waals surface area contributed by atoms with E-state index in [1.54, 1.807) is 30.5 Å². The summed E-state index contributed by atoms with van der Waals surface area (Å²) < 4.78 is 31.9. The van der Waals surface area contributed by atoms with E-state index in [1.807, 2.05) is 25.1 Å². The number of amides is 1. The number of hydrogen-bond acceptors (Lipinski definition) is 5. The van der Waals surface area contributed by atoms with E-state index in [0.29, 0.717) is 39.1 Å². The molecule has 1 N–H and O–H groups in total. The number of ether oxygens (including phenoxy) is 1. The smallest absolute Gasteiger partial charge is 0.243 e. The van der Waals surface area contributed by atoms with Crippen molar-refractivity contribution in [2.75, 3.05) is 26.3 Å². The number of morpholine rings is 1. The maximum absolute atomic E-state index is 12.6. The Kier molecular flexibility index (Phi) is 6.77. The van der Waals surface area contributed by atoms with Crippen molar-refractivity contribution in [2.45, 2.75) is 30.7 Å². The zero-order valence-electron chi connectivity index (χ0n) is 15.9. The molecule has 0 saturated carbocycles. The summed E-state index contributed by atoms with van der Waals surface area (Å²) >= 11 is 0. The van der Waals surface area contributed by atoms with Gasteiger partial charge in [0.05, 0.1) is 29.8 Å². The van der Waals surface area contributed by atoms with Crippen molar-refractivity contribution in [3.63, 3.8) is 0 Å². The van der Waals surface area contributed by atoms with Gasteiger partial charge >= 0.3 is 0 Å². The maximum Gasteiger partial charge on any atom is 0.243 e. The minimum absolute atomic E-state index is 0.0665. The third kappa shape index (κ3) is 5.15. The van der Waals surface area contributed by atoms with Gasteiger partial charge in [-0.2, -0.15) is 4.31 Å². The summed E-state index contributed by atoms with van der Waals surface area (Å²) in [5.41, 5.74) is 1.73. The highest BCUT2D eigenvalue weighted by Gasteiger charge is 2.26. The largest absolute Gasteiger partial charge is 0.379 e. The fourth-order valence-corrected chi connectivity index (χ4v) is 4.45. The fourth-order valence-electron chi connectivity index (χ4n) is 3.04. The SMILES string of the molecule is CC(NC(=O)CCc1ccc(S(=O)(=O)N2CCOCC2)cc1)c1ccccn1. The average Bonchev–Trinajstić information content (AvgIpc) is 2.74. The zero-order chi connectivity index (χ0) is 20.0. The minimum Gasteiger partial charge on any atom is -0.379 e. The first-order valence-electron chi connectivity index (χ1n) is 9.34. The molecule has 1 saturated heterocycles. The molecule has 0 aliphatic carbocycles. The number of benzene rings is 1. The molecule has 1 unspecified atom stereocenters. The Bertz CT molecular complexity index is 879. The second-order valence-corrected chi connectivity index (χ2v) is 8.64. The van der Waals surface area contributed by atoms with Gasteiger partial charge in [-0.25, -0.2) is 8.42 Å². The zero-order valence-corrected chi connectivity index (χ0v) is 16.7. The van der Waals surface area contributed by atoms with Gasteiger partial charge in [0.2, 0.25) is 15.9 Å². The van der Waals surface area contributed by atoms with E-state index in [2.05, 4.69) is 10.3 Å². The molecule has 2 heterocycles. The van der Waals surface area contributed by atoms with Crippen LogP contribution in [-0.2, 0) is 26.0 Å². The van der Waals surface area contributed by atoms with Crippen molar-refractivity contribution >= 4 is 15.9 Å². The molecule has 150 valence electrons. The summed E-state index contributed by atoms with van der Waals surface area (Å²) in [5.74, 6) is -0.0665. The molecule has 28 heavy (non-hydrogen) atoms. The van der Waals surface area contributed by atoms with Gasteiger partial charge in [-0.15, -0.1) is 0 Å². The number of hydrogen-bond donors (Lipinski definition) is 1. The van der Waals surface area contributed by atoms with E-state index >= 15 is 0 Å². The van der Waals surface area contributed by atoms with Gasteiger partial charge in [0.25, 0.3) is 0 Å². The van der Waals surface area contributed by atoms with Gasteiger partial charge in [0.1, 0.15) is 0 Å². The molecule has 1 aromatic heterocycles. The van der Waals surface area contributed by atoms with Gasteiger partial charge in [0.15, 0.2) is 0 Å². The highest BCUT2D eigenvalue weighted by molar-refractivity contribution is 7.89. The number of carbonyl (C=O) groups excluding carboxylic acids is 1. The Morgan fingerprint density at radius 3 is 2.54 bits per heavy atom. The van der Waals surface area contributed by atoms with E-state index in [0.717, 1.165) is 11.3 Å². The number of nitrogens with zero attached hydrogens (tertiary/aromatic N) is 2. The van der Waals surface area contributed by atoms with E-state index in [-0.39, 0.29) is 16.8 Å². The van der Waals surface area contributed by atoms with Crippen LogP contribution in [0.3, 0.4) is 0 Å². The number of rotatable bonds is 7. The molecule has 1 amide bonds. The van der Waals surface area contributed by atoms with E-state index < -0.39 is 10.0 Å². The Hall–Kier alpha value is -2.29. The van der Waals surface area contributed by atoms with Crippen LogP contribution in [0, 0.1) is 0 Å². The summed E-state index contributed by atoms with van der Waals surface area (Å²) in [6.07, 6.45) is 2.57. The van der Waals surface area contributed by atoms with Crippen LogP contribution in [0.4, 0.5) is 0 Å². The lowest BCUT2D eigenvalue weighted by Gasteiger charge is -2.26. The Labute approximate surface area is 165 Å². The lowest BCUT2D eigenvalue weighted by molar-refractivity contribution is -0.121. The molecule has 0 radical (unpaired) electrons. The van der Waals surface area contributed by atoms with E-state index in [1.165, 1.54) is 4.31 Å². The standard InChI is InChI=1S/C20H25N3O4S/c1-16(19-4-2-3-11-21-19)22-20(24)10-7-17-5-8-18(9-6-17)28(25,26)23-12-14-27-15-13-23/h2-6,8-9,11,16H,7,10,12-15H2,1H3,(H,22,24). The van der Waals surface area contributed by atoms with Crippen LogP contribution in [0.5, 0.6) is 0 Å². The fraction of sp³-hybridized carbons (Fsp3) is 0.400. The molecule has 2 aromatic rings. The number of aryl methyl sites for hydroxylation is 1. The van der Waals surface area contributed by atoms with Crippen LogP contribution in [0.15, 0.2) is 53.6 Å². The van der Waals surface area contributed by atoms with Crippen molar-refractivity contribution in [3.8, 4) is 0 Å². The highest BCUT2D eigenvalue weighted by atomic mass is 32.2. The third-order valence-corrected chi connectivity index (χ3v) is 6.59. The number of carbonyl (C=O) groups is 1. The number of sulfonamides is 1. The molecule has 7 nitrogen and oxygen atoms in total. The van der Waals surface area contributed by atoms with Crippen LogP contribution < -0.4 is 5.32 Å². The predicted octanol–water partition coefficient (Wildman–Crippen LogP) is 1.91. The summed E-state index contributed by atoms with van der Waals surface area (Å²) in [7, 11) is -3.49. The van der Waals surface area contributed by atoms with Crippen LogP contribution in [-0.4, -0.2) is 49.9 Å². The van der Waals surface area contributed by atoms with Crippen LogP contribution in [0.1, 0.15) is 30.6 Å². The average molecular weight is 404 g/mol. The third-order valence-electron chi connectivity index (χ3n) is 4.68. The normalized spacial score (nSPS) is 16.5. The predicted molar refractivity (Wildman–Crippen MR) is 105 cm³/mol. The topological polar surface area (TPSA) is 88.6 Å². The molecule has 3 rings (SSSR count). The first-order valence-corrected chi connectivity index (χ1v) is 10.8. The first-order chi connectivity index (χ1) is 13.5. The molecule has 1 aromatic carbocycles. The van der Waals surface area contributed by atoms with Crippen molar-refractivity contribution in [1.29, 1.82) is 0 Å². The Morgan fingerprint density at radius 2 is 1.89 bits per heavy atom. The summed E-state index contributed by atoms with van der Waals surface area (Å²) in [6.45, 7) is 3.48. The molecular formula is C20H25N3O4S. The van der Waals surface area contributed by atoms with Gasteiger partial charge in [-0.3, -0.25) is 9.78 Å². The van der Waals surface area contributed by atoms with Gasteiger partial charge in [-0.1, -0.05) is 18.2 Å². The number of aromatic nitrogens is 1. The number of nitrogens with one attached hydrogen (secondary N) is 1. The van der Waals surface area contributed by atoms with E-state index in [4.69, 9.17) is 4.74 Å². The highest BCUT2D eigenvalue weighted by Crippen LogP contribution is 2.18. The maximum atomic E-state index is 12.6. The Morgan fingerprint density at radius 1 is 1.18 bits per heavy atom. The molecule has 0 bridgehead atoms. The van der Waals surface area contributed by atoms with Crippen molar-refractivity contribution in [3.05, 3.63) is 59.9 Å². The molecule has 1 aliphatic rings. The molecule has 1 atom stereocenters. The van der Waals surface area contributed by atoms with E-state index in [9.17, 15) is 13.2 Å². The lowest BCUT2D eigenvalue weighted by atomic mass is 10.1. The first kappa shape index (κ1) is 20.4. The van der Waals surface area contributed by atoms with Crippen LogP contribution in [0.2, 0.25) is 0 Å². The summed E-state index contributed by atoms with van der Waals surface area (Å²) in [5, 5.41) is 2.93. The van der Waals surface area contributed by atoms with Gasteiger partial charge in [-0.05, 0) is 43.2 Å². The second-order valence-electron chi connectivity index (χ2n) is 6.70. The van der Waals surface area contributed by atoms with Gasteiger partial charge in [0, 0.05) is 25.7 Å². The van der Waals surface area contributed by atoms with Crippen molar-refractivity contribution < 1.29 is 17.9 Å². The minimum atomic E-state index is -3.49. The van der Waals surface area contributed by atoms with Crippen molar-refractivity contribution in [2.24, 2.45) is 0 Å². The second kappa shape index (κ2) is 9.27. The summed E-state index contributed by atoms with van der Waals surface area (Å²) in [4.78, 5) is 16.7.